The van der Waals surface area contributed by atoms with Crippen LogP contribution in [0.4, 0.5) is 5.82 Å². The number of hydrogen-bond donors (Lipinski definition) is 3. The molecule has 0 unspecified atom stereocenters. The van der Waals surface area contributed by atoms with Crippen molar-refractivity contribution in [3.8, 4) is 10.6 Å². The molecular formula is C8H8N4O2S. The van der Waals surface area contributed by atoms with E-state index in [1.54, 1.807) is 6.92 Å². The largest absolute Gasteiger partial charge is 0.477 e. The standard InChI is InChI=1S/C8H8N4O2S/c1-3-5(8(13)14)15-7(11-3)4-2-10-12-6(4)9/h2H,1H3,(H,13,14)(H3,9,10,12). The lowest BCUT2D eigenvalue weighted by atomic mass is 10.3. The van der Waals surface area contributed by atoms with Gasteiger partial charge in [0.25, 0.3) is 0 Å². The first-order chi connectivity index (χ1) is 7.09. The van der Waals surface area contributed by atoms with Gasteiger partial charge in [0.2, 0.25) is 0 Å². The molecule has 0 atom stereocenters. The molecule has 78 valence electrons. The van der Waals surface area contributed by atoms with Crippen LogP contribution in [0.25, 0.3) is 10.6 Å². The number of anilines is 1. The van der Waals surface area contributed by atoms with Crippen LogP contribution in [0.3, 0.4) is 0 Å². The lowest BCUT2D eigenvalue weighted by molar-refractivity contribution is 0.0701. The molecule has 0 saturated carbocycles. The van der Waals surface area contributed by atoms with Crippen LogP contribution in [0.2, 0.25) is 0 Å². The summed E-state index contributed by atoms with van der Waals surface area (Å²) in [4.78, 5) is 15.2. The van der Waals surface area contributed by atoms with Crippen molar-refractivity contribution >= 4 is 23.1 Å². The second-order valence-corrected chi connectivity index (χ2v) is 3.94. The molecule has 2 aromatic rings. The van der Waals surface area contributed by atoms with Gasteiger partial charge in [0.1, 0.15) is 15.7 Å². The SMILES string of the molecule is Cc1nc(-c2cn[nH]c2N)sc1C(=O)O. The lowest BCUT2D eigenvalue weighted by Gasteiger charge is -1.89. The number of rotatable bonds is 2. The fraction of sp³-hybridized carbons (Fsp3) is 0.125. The Morgan fingerprint density at radius 3 is 2.87 bits per heavy atom. The van der Waals surface area contributed by atoms with E-state index in [2.05, 4.69) is 15.2 Å². The van der Waals surface area contributed by atoms with Gasteiger partial charge in [-0.05, 0) is 6.92 Å². The Bertz CT molecular complexity index is 516. The van der Waals surface area contributed by atoms with Gasteiger partial charge >= 0.3 is 5.97 Å². The van der Waals surface area contributed by atoms with Crippen LogP contribution in [0.15, 0.2) is 6.20 Å². The number of thiazole rings is 1. The zero-order valence-corrected chi connectivity index (χ0v) is 8.63. The van der Waals surface area contributed by atoms with E-state index in [9.17, 15) is 4.79 Å². The highest BCUT2D eigenvalue weighted by atomic mass is 32.1. The number of H-pyrrole nitrogens is 1. The number of hydrogen-bond acceptors (Lipinski definition) is 5. The lowest BCUT2D eigenvalue weighted by Crippen LogP contribution is -1.94. The number of nitrogens with two attached hydrogens (primary N) is 1. The number of aryl methyl sites for hydroxylation is 1. The van der Waals surface area contributed by atoms with Crippen molar-refractivity contribution in [1.82, 2.24) is 15.2 Å². The molecule has 15 heavy (non-hydrogen) atoms. The summed E-state index contributed by atoms with van der Waals surface area (Å²) in [5, 5.41) is 15.8. The first-order valence-corrected chi connectivity index (χ1v) is 4.91. The van der Waals surface area contributed by atoms with Gasteiger partial charge in [-0.3, -0.25) is 5.10 Å². The van der Waals surface area contributed by atoms with Crippen LogP contribution in [0.5, 0.6) is 0 Å². The van der Waals surface area contributed by atoms with Gasteiger partial charge in [0, 0.05) is 0 Å². The van der Waals surface area contributed by atoms with E-state index in [4.69, 9.17) is 10.8 Å². The van der Waals surface area contributed by atoms with Crippen molar-refractivity contribution in [1.29, 1.82) is 0 Å². The summed E-state index contributed by atoms with van der Waals surface area (Å²) in [5.74, 6) is -0.584. The Hall–Kier alpha value is -1.89. The van der Waals surface area contributed by atoms with Crippen molar-refractivity contribution in [2.24, 2.45) is 0 Å². The quantitative estimate of drug-likeness (QED) is 0.709. The molecule has 0 radical (unpaired) electrons. The topological polar surface area (TPSA) is 105 Å². The number of aromatic nitrogens is 3. The number of nitrogens with one attached hydrogen (secondary N) is 1. The molecule has 0 aliphatic heterocycles. The number of aromatic amines is 1. The van der Waals surface area contributed by atoms with Gasteiger partial charge in [-0.25, -0.2) is 9.78 Å². The zero-order chi connectivity index (χ0) is 11.0. The summed E-state index contributed by atoms with van der Waals surface area (Å²) < 4.78 is 0. The third-order valence-corrected chi connectivity index (χ3v) is 3.07. The Morgan fingerprint density at radius 2 is 2.40 bits per heavy atom. The van der Waals surface area contributed by atoms with Gasteiger partial charge in [0.15, 0.2) is 0 Å². The monoisotopic (exact) mass is 224 g/mol. The van der Waals surface area contributed by atoms with Crippen LogP contribution in [0.1, 0.15) is 15.4 Å². The van der Waals surface area contributed by atoms with Crippen LogP contribution >= 0.6 is 11.3 Å². The Balaban J connectivity index is 2.52. The number of nitrogen functional groups attached to an aromatic ring is 1. The average molecular weight is 224 g/mol. The van der Waals surface area contributed by atoms with E-state index in [0.29, 0.717) is 22.1 Å². The van der Waals surface area contributed by atoms with E-state index >= 15 is 0 Å². The van der Waals surface area contributed by atoms with Gasteiger partial charge in [-0.2, -0.15) is 5.10 Å². The summed E-state index contributed by atoms with van der Waals surface area (Å²) >= 11 is 1.09. The number of carboxylic acid groups (broad SMARTS) is 1. The highest BCUT2D eigenvalue weighted by Gasteiger charge is 2.16. The fourth-order valence-electron chi connectivity index (χ4n) is 1.18. The molecule has 0 aliphatic rings. The molecule has 0 spiro atoms. The van der Waals surface area contributed by atoms with Crippen molar-refractivity contribution in [3.05, 3.63) is 16.8 Å². The zero-order valence-electron chi connectivity index (χ0n) is 7.81. The fourth-order valence-corrected chi connectivity index (χ4v) is 2.11. The van der Waals surface area contributed by atoms with Crippen molar-refractivity contribution in [2.75, 3.05) is 5.73 Å². The third kappa shape index (κ3) is 1.57. The van der Waals surface area contributed by atoms with Crippen LogP contribution in [-0.2, 0) is 0 Å². The Labute approximate surface area is 88.8 Å². The van der Waals surface area contributed by atoms with Crippen LogP contribution in [0, 0.1) is 6.92 Å². The molecule has 0 amide bonds. The Morgan fingerprint density at radius 1 is 1.67 bits per heavy atom. The molecule has 2 heterocycles. The summed E-state index contributed by atoms with van der Waals surface area (Å²) in [7, 11) is 0. The van der Waals surface area contributed by atoms with E-state index < -0.39 is 5.97 Å². The minimum Gasteiger partial charge on any atom is -0.477 e. The molecular weight excluding hydrogens is 216 g/mol. The summed E-state index contributed by atoms with van der Waals surface area (Å²) in [6.45, 7) is 1.65. The summed E-state index contributed by atoms with van der Waals surface area (Å²) in [6.07, 6.45) is 1.53. The average Bonchev–Trinajstić information content (AvgIpc) is 2.71. The summed E-state index contributed by atoms with van der Waals surface area (Å²) in [5.41, 5.74) is 6.73. The minimum atomic E-state index is -0.974. The summed E-state index contributed by atoms with van der Waals surface area (Å²) in [6, 6.07) is 0. The first kappa shape index (κ1) is 9.66. The minimum absolute atomic E-state index is 0.227. The van der Waals surface area contributed by atoms with Gasteiger partial charge in [-0.15, -0.1) is 11.3 Å². The molecule has 2 aromatic heterocycles. The van der Waals surface area contributed by atoms with Crippen LogP contribution < -0.4 is 5.73 Å². The maximum atomic E-state index is 10.8. The van der Waals surface area contributed by atoms with Crippen LogP contribution in [-0.4, -0.2) is 26.3 Å². The normalized spacial score (nSPS) is 10.5. The highest BCUT2D eigenvalue weighted by Crippen LogP contribution is 2.30. The smallest absolute Gasteiger partial charge is 0.347 e. The molecule has 0 aliphatic carbocycles. The van der Waals surface area contributed by atoms with E-state index in [0.717, 1.165) is 11.3 Å². The van der Waals surface area contributed by atoms with Crippen molar-refractivity contribution < 1.29 is 9.90 Å². The number of carbonyl (C=O) groups is 1. The second-order valence-electron chi connectivity index (χ2n) is 2.94. The van der Waals surface area contributed by atoms with E-state index in [-0.39, 0.29) is 4.88 Å². The first-order valence-electron chi connectivity index (χ1n) is 4.09. The maximum absolute atomic E-state index is 10.8. The van der Waals surface area contributed by atoms with E-state index in [1.165, 1.54) is 6.20 Å². The predicted molar refractivity (Wildman–Crippen MR) is 55.8 cm³/mol. The van der Waals surface area contributed by atoms with Crippen molar-refractivity contribution in [3.63, 3.8) is 0 Å². The number of carboxylic acids is 1. The molecule has 0 saturated heterocycles. The number of aromatic carboxylic acids is 1. The van der Waals surface area contributed by atoms with E-state index in [1.807, 2.05) is 0 Å². The second kappa shape index (κ2) is 3.35. The molecule has 0 aromatic carbocycles. The van der Waals surface area contributed by atoms with Gasteiger partial charge in [-0.1, -0.05) is 0 Å². The number of nitrogens with zero attached hydrogens (tertiary/aromatic N) is 2. The Kier molecular flexibility index (Phi) is 2.16. The van der Waals surface area contributed by atoms with Gasteiger partial charge < -0.3 is 10.8 Å². The molecule has 0 bridgehead atoms. The third-order valence-electron chi connectivity index (χ3n) is 1.89. The maximum Gasteiger partial charge on any atom is 0.347 e. The molecule has 2 rings (SSSR count). The molecule has 6 nitrogen and oxygen atoms in total. The molecule has 7 heteroatoms. The van der Waals surface area contributed by atoms with Gasteiger partial charge in [0.05, 0.1) is 17.5 Å². The molecule has 0 fully saturated rings. The highest BCUT2D eigenvalue weighted by molar-refractivity contribution is 7.17. The molecule has 4 N–H and O–H groups in total. The van der Waals surface area contributed by atoms with Crippen molar-refractivity contribution in [2.45, 2.75) is 6.92 Å². The predicted octanol–water partition coefficient (Wildman–Crippen LogP) is 1.12.